The number of halogens is 2. The normalized spacial score (nSPS) is 20.4. The molecule has 10 nitrogen and oxygen atoms in total. The maximum absolute atomic E-state index is 13.2. The number of amides is 2. The number of alkyl halides is 1. The standard InChI is InChI=1S/C23H27ClFN7O3/c1-35-21-18(24)12-27-23(30-21)28-17-7-10-32(14-17)22(34)15-4-5-19(26-11-15)29-20(33)3-2-8-31-9-6-16(25)13-31/h2-5,11-12,16-17H,6-10,13-14H2,1H3,(H,26,29,33)(H,27,28,30)/b3-2+. The van der Waals surface area contributed by atoms with Crippen LogP contribution in [0.2, 0.25) is 5.02 Å². The van der Waals surface area contributed by atoms with E-state index >= 15 is 0 Å². The molecule has 0 radical (unpaired) electrons. The van der Waals surface area contributed by atoms with Gasteiger partial charge in [0.2, 0.25) is 17.7 Å². The zero-order chi connectivity index (χ0) is 24.8. The first-order valence-corrected chi connectivity index (χ1v) is 11.7. The average molecular weight is 504 g/mol. The van der Waals surface area contributed by atoms with Gasteiger partial charge < -0.3 is 20.3 Å². The van der Waals surface area contributed by atoms with E-state index in [2.05, 4.69) is 25.6 Å². The summed E-state index contributed by atoms with van der Waals surface area (Å²) in [4.78, 5) is 41.2. The summed E-state index contributed by atoms with van der Waals surface area (Å²) in [5.74, 6) is 0.530. The van der Waals surface area contributed by atoms with Crippen molar-refractivity contribution < 1.29 is 18.7 Å². The molecular weight excluding hydrogens is 477 g/mol. The van der Waals surface area contributed by atoms with Gasteiger partial charge in [-0.15, -0.1) is 0 Å². The monoisotopic (exact) mass is 503 g/mol. The second-order valence-corrected chi connectivity index (χ2v) is 8.81. The molecule has 35 heavy (non-hydrogen) atoms. The molecule has 0 aliphatic carbocycles. The molecule has 2 unspecified atom stereocenters. The topological polar surface area (TPSA) is 113 Å². The Kier molecular flexibility index (Phi) is 8.09. The summed E-state index contributed by atoms with van der Waals surface area (Å²) in [6.07, 6.45) is 6.50. The van der Waals surface area contributed by atoms with Crippen LogP contribution in [0.4, 0.5) is 16.2 Å². The van der Waals surface area contributed by atoms with E-state index in [0.717, 1.165) is 6.42 Å². The van der Waals surface area contributed by atoms with Gasteiger partial charge in [-0.05, 0) is 25.0 Å². The summed E-state index contributed by atoms with van der Waals surface area (Å²) < 4.78 is 18.3. The summed E-state index contributed by atoms with van der Waals surface area (Å²) in [5.41, 5.74) is 0.429. The molecule has 2 aromatic heterocycles. The van der Waals surface area contributed by atoms with E-state index in [1.54, 1.807) is 23.1 Å². The first kappa shape index (κ1) is 24.8. The minimum absolute atomic E-state index is 0.0144. The summed E-state index contributed by atoms with van der Waals surface area (Å²) in [6, 6.07) is 3.21. The number of rotatable bonds is 8. The molecule has 4 heterocycles. The van der Waals surface area contributed by atoms with Gasteiger partial charge in [0.05, 0.1) is 18.9 Å². The van der Waals surface area contributed by atoms with Gasteiger partial charge in [0.15, 0.2) is 0 Å². The number of methoxy groups -OCH3 is 1. The van der Waals surface area contributed by atoms with Crippen molar-refractivity contribution in [3.8, 4) is 5.88 Å². The predicted molar refractivity (Wildman–Crippen MR) is 129 cm³/mol. The van der Waals surface area contributed by atoms with E-state index < -0.39 is 6.17 Å². The Labute approximate surface area is 207 Å². The van der Waals surface area contributed by atoms with Gasteiger partial charge in [-0.25, -0.2) is 14.4 Å². The Hall–Kier alpha value is -3.31. The third-order valence-electron chi connectivity index (χ3n) is 5.82. The third kappa shape index (κ3) is 6.64. The van der Waals surface area contributed by atoms with Crippen LogP contribution in [0, 0.1) is 0 Å². The van der Waals surface area contributed by atoms with Gasteiger partial charge in [0.1, 0.15) is 17.0 Å². The van der Waals surface area contributed by atoms with Gasteiger partial charge in [-0.3, -0.25) is 14.5 Å². The zero-order valence-electron chi connectivity index (χ0n) is 19.3. The summed E-state index contributed by atoms with van der Waals surface area (Å²) >= 11 is 5.96. The highest BCUT2D eigenvalue weighted by Crippen LogP contribution is 2.23. The number of aromatic nitrogens is 3. The maximum Gasteiger partial charge on any atom is 0.255 e. The lowest BCUT2D eigenvalue weighted by molar-refractivity contribution is -0.111. The van der Waals surface area contributed by atoms with Gasteiger partial charge in [0, 0.05) is 51.0 Å². The number of carbonyl (C=O) groups excluding carboxylic acids is 2. The van der Waals surface area contributed by atoms with E-state index in [1.165, 1.54) is 25.6 Å². The molecule has 4 rings (SSSR count). The maximum atomic E-state index is 13.2. The molecule has 2 aliphatic heterocycles. The van der Waals surface area contributed by atoms with Crippen molar-refractivity contribution in [3.05, 3.63) is 47.3 Å². The molecule has 2 aromatic rings. The molecule has 2 amide bonds. The number of anilines is 2. The number of nitrogens with one attached hydrogen (secondary N) is 2. The number of nitrogens with zero attached hydrogens (tertiary/aromatic N) is 5. The molecule has 2 aliphatic rings. The number of hydrogen-bond donors (Lipinski definition) is 2. The van der Waals surface area contributed by atoms with E-state index in [1.807, 2.05) is 4.90 Å². The van der Waals surface area contributed by atoms with Crippen LogP contribution in [0.5, 0.6) is 5.88 Å². The smallest absolute Gasteiger partial charge is 0.255 e. The molecule has 2 saturated heterocycles. The molecule has 12 heteroatoms. The van der Waals surface area contributed by atoms with Crippen LogP contribution in [0.15, 0.2) is 36.7 Å². The minimum Gasteiger partial charge on any atom is -0.480 e. The quantitative estimate of drug-likeness (QED) is 0.528. The van der Waals surface area contributed by atoms with Crippen LogP contribution in [-0.2, 0) is 4.79 Å². The van der Waals surface area contributed by atoms with Crippen LogP contribution in [-0.4, -0.2) is 88.6 Å². The molecular formula is C23H27ClFN7O3. The van der Waals surface area contributed by atoms with Crippen LogP contribution in [0.1, 0.15) is 23.2 Å². The molecule has 2 fully saturated rings. The van der Waals surface area contributed by atoms with Crippen molar-refractivity contribution in [1.82, 2.24) is 24.8 Å². The predicted octanol–water partition coefficient (Wildman–Crippen LogP) is 2.40. The number of carbonyl (C=O) groups is 2. The fraction of sp³-hybridized carbons (Fsp3) is 0.435. The molecule has 0 bridgehead atoms. The van der Waals surface area contributed by atoms with Crippen LogP contribution >= 0.6 is 11.6 Å². The van der Waals surface area contributed by atoms with E-state index in [-0.39, 0.29) is 23.7 Å². The lowest BCUT2D eigenvalue weighted by Crippen LogP contribution is -2.32. The van der Waals surface area contributed by atoms with Crippen molar-refractivity contribution in [2.24, 2.45) is 0 Å². The Balaban J connectivity index is 1.25. The molecule has 2 N–H and O–H groups in total. The number of ether oxygens (including phenoxy) is 1. The second kappa shape index (κ2) is 11.4. The molecule has 0 spiro atoms. The van der Waals surface area contributed by atoms with Crippen LogP contribution in [0.3, 0.4) is 0 Å². The van der Waals surface area contributed by atoms with Gasteiger partial charge in [0.25, 0.3) is 5.91 Å². The van der Waals surface area contributed by atoms with Gasteiger partial charge in [-0.2, -0.15) is 4.98 Å². The number of pyridine rings is 1. The third-order valence-corrected chi connectivity index (χ3v) is 6.08. The average Bonchev–Trinajstić information content (AvgIpc) is 3.49. The highest BCUT2D eigenvalue weighted by Gasteiger charge is 2.28. The lowest BCUT2D eigenvalue weighted by Gasteiger charge is -2.17. The van der Waals surface area contributed by atoms with Crippen molar-refractivity contribution in [1.29, 1.82) is 0 Å². The molecule has 186 valence electrons. The Bertz CT molecular complexity index is 1090. The van der Waals surface area contributed by atoms with Crippen LogP contribution in [0.25, 0.3) is 0 Å². The van der Waals surface area contributed by atoms with E-state index in [4.69, 9.17) is 16.3 Å². The number of likely N-dealkylation sites (tertiary alicyclic amines) is 2. The Morgan fingerprint density at radius 3 is 2.80 bits per heavy atom. The summed E-state index contributed by atoms with van der Waals surface area (Å²) in [6.45, 7) is 2.68. The first-order valence-electron chi connectivity index (χ1n) is 11.3. The Morgan fingerprint density at radius 2 is 2.09 bits per heavy atom. The van der Waals surface area contributed by atoms with Gasteiger partial charge >= 0.3 is 0 Å². The SMILES string of the molecule is COc1nc(NC2CCN(C(=O)c3ccc(NC(=O)/C=C/CN4CCC(F)C4)nc3)C2)ncc1Cl. The fourth-order valence-electron chi connectivity index (χ4n) is 4.01. The minimum atomic E-state index is -0.785. The van der Waals surface area contributed by atoms with Crippen molar-refractivity contribution >= 4 is 35.2 Å². The largest absolute Gasteiger partial charge is 0.480 e. The Morgan fingerprint density at radius 1 is 1.23 bits per heavy atom. The summed E-state index contributed by atoms with van der Waals surface area (Å²) in [5, 5.41) is 6.18. The summed E-state index contributed by atoms with van der Waals surface area (Å²) in [7, 11) is 1.48. The van der Waals surface area contributed by atoms with E-state index in [9.17, 15) is 14.0 Å². The molecule has 0 aromatic carbocycles. The highest BCUT2D eigenvalue weighted by atomic mass is 35.5. The van der Waals surface area contributed by atoms with Crippen LogP contribution < -0.4 is 15.4 Å². The van der Waals surface area contributed by atoms with E-state index in [0.29, 0.717) is 61.5 Å². The van der Waals surface area contributed by atoms with Gasteiger partial charge in [-0.1, -0.05) is 17.7 Å². The molecule has 0 saturated carbocycles. The zero-order valence-corrected chi connectivity index (χ0v) is 20.0. The second-order valence-electron chi connectivity index (χ2n) is 8.40. The fourth-order valence-corrected chi connectivity index (χ4v) is 4.18. The van der Waals surface area contributed by atoms with Crippen molar-refractivity contribution in [2.45, 2.75) is 25.1 Å². The highest BCUT2D eigenvalue weighted by molar-refractivity contribution is 6.31. The first-order chi connectivity index (χ1) is 16.9. The van der Waals surface area contributed by atoms with Crippen molar-refractivity contribution in [3.63, 3.8) is 0 Å². The lowest BCUT2D eigenvalue weighted by atomic mass is 10.2. The number of hydrogen-bond acceptors (Lipinski definition) is 8. The molecule has 2 atom stereocenters. The van der Waals surface area contributed by atoms with Crippen molar-refractivity contribution in [2.75, 3.05) is 50.5 Å².